The van der Waals surface area contributed by atoms with Gasteiger partial charge < -0.3 is 5.32 Å². The molecule has 1 heterocycles. The van der Waals surface area contributed by atoms with Gasteiger partial charge in [-0.15, -0.1) is 0 Å². The van der Waals surface area contributed by atoms with Crippen LogP contribution in [0, 0.1) is 6.92 Å². The first-order valence-electron chi connectivity index (χ1n) is 9.59. The Kier molecular flexibility index (Phi) is 6.11. The highest BCUT2D eigenvalue weighted by atomic mass is 35.5. The van der Waals surface area contributed by atoms with E-state index in [4.69, 9.17) is 23.8 Å². The fourth-order valence-corrected chi connectivity index (χ4v) is 3.38. The average molecular weight is 447 g/mol. The van der Waals surface area contributed by atoms with E-state index in [9.17, 15) is 4.79 Å². The summed E-state index contributed by atoms with van der Waals surface area (Å²) in [6, 6.07) is 24.5. The summed E-state index contributed by atoms with van der Waals surface area (Å²) >= 11 is 11.4. The molecule has 0 spiro atoms. The Morgan fingerprint density at radius 2 is 1.65 bits per heavy atom. The van der Waals surface area contributed by atoms with Gasteiger partial charge in [-0.2, -0.15) is 5.10 Å². The van der Waals surface area contributed by atoms with Crippen LogP contribution in [0.25, 0.3) is 16.9 Å². The molecule has 0 saturated heterocycles. The summed E-state index contributed by atoms with van der Waals surface area (Å²) < 4.78 is 1.68. The normalized spacial score (nSPS) is 10.5. The van der Waals surface area contributed by atoms with Crippen molar-refractivity contribution in [1.29, 1.82) is 0 Å². The second-order valence-corrected chi connectivity index (χ2v) is 7.80. The molecule has 4 aromatic rings. The van der Waals surface area contributed by atoms with Crippen molar-refractivity contribution in [3.63, 3.8) is 0 Å². The summed E-state index contributed by atoms with van der Waals surface area (Å²) in [4.78, 5) is 13.1. The van der Waals surface area contributed by atoms with Crippen LogP contribution in [0.1, 0.15) is 15.9 Å². The average Bonchev–Trinajstić information content (AvgIpc) is 3.22. The Balaban J connectivity index is 1.62. The first-order valence-corrected chi connectivity index (χ1v) is 10.4. The number of para-hydroxylation sites is 1. The minimum Gasteiger partial charge on any atom is -0.332 e. The van der Waals surface area contributed by atoms with E-state index in [0.29, 0.717) is 16.3 Å². The van der Waals surface area contributed by atoms with Gasteiger partial charge in [0.25, 0.3) is 5.91 Å². The monoisotopic (exact) mass is 446 g/mol. The van der Waals surface area contributed by atoms with Gasteiger partial charge in [-0.1, -0.05) is 59.6 Å². The van der Waals surface area contributed by atoms with Crippen LogP contribution in [0.3, 0.4) is 0 Å². The molecular weight excluding hydrogens is 428 g/mol. The van der Waals surface area contributed by atoms with Crippen molar-refractivity contribution in [1.82, 2.24) is 15.1 Å². The van der Waals surface area contributed by atoms with Crippen LogP contribution in [0.15, 0.2) is 85.1 Å². The van der Waals surface area contributed by atoms with E-state index in [1.165, 1.54) is 0 Å². The van der Waals surface area contributed by atoms with Crippen LogP contribution in [-0.4, -0.2) is 20.8 Å². The number of halogens is 1. The molecule has 3 aromatic carbocycles. The topological polar surface area (TPSA) is 58.9 Å². The lowest BCUT2D eigenvalue weighted by Crippen LogP contribution is -2.34. The minimum atomic E-state index is -0.350. The molecular formula is C24H19ClN4OS. The van der Waals surface area contributed by atoms with Crippen molar-refractivity contribution in [3.8, 4) is 16.9 Å². The second kappa shape index (κ2) is 9.12. The SMILES string of the molecule is Cc1ccc(NC(=S)NC(=O)c2cn(-c3ccccc3)nc2-c2ccc(Cl)cc2)cc1. The van der Waals surface area contributed by atoms with E-state index in [-0.39, 0.29) is 11.0 Å². The molecule has 0 aliphatic rings. The molecule has 7 heteroatoms. The summed E-state index contributed by atoms with van der Waals surface area (Å²) in [5.74, 6) is -0.350. The number of benzene rings is 3. The minimum absolute atomic E-state index is 0.211. The highest BCUT2D eigenvalue weighted by molar-refractivity contribution is 7.80. The number of anilines is 1. The summed E-state index contributed by atoms with van der Waals surface area (Å²) in [6.45, 7) is 2.01. The number of aryl methyl sites for hydroxylation is 1. The van der Waals surface area contributed by atoms with Crippen molar-refractivity contribution < 1.29 is 4.79 Å². The van der Waals surface area contributed by atoms with Gasteiger partial charge in [0.2, 0.25) is 0 Å². The van der Waals surface area contributed by atoms with Gasteiger partial charge in [-0.3, -0.25) is 10.1 Å². The van der Waals surface area contributed by atoms with Crippen molar-refractivity contribution in [2.45, 2.75) is 6.92 Å². The smallest absolute Gasteiger partial charge is 0.261 e. The Morgan fingerprint density at radius 3 is 2.32 bits per heavy atom. The third-order valence-corrected chi connectivity index (χ3v) is 5.09. The zero-order chi connectivity index (χ0) is 21.8. The Hall–Kier alpha value is -3.48. The Labute approximate surface area is 190 Å². The van der Waals surface area contributed by atoms with Crippen molar-refractivity contribution in [2.24, 2.45) is 0 Å². The highest BCUT2D eigenvalue weighted by Gasteiger charge is 2.19. The zero-order valence-corrected chi connectivity index (χ0v) is 18.2. The van der Waals surface area contributed by atoms with Crippen molar-refractivity contribution >= 4 is 40.5 Å². The number of thiocarbonyl (C=S) groups is 1. The van der Waals surface area contributed by atoms with Crippen LogP contribution >= 0.6 is 23.8 Å². The number of nitrogens with one attached hydrogen (secondary N) is 2. The molecule has 5 nitrogen and oxygen atoms in total. The van der Waals surface area contributed by atoms with E-state index in [1.54, 1.807) is 23.0 Å². The van der Waals surface area contributed by atoms with E-state index >= 15 is 0 Å². The molecule has 0 fully saturated rings. The maximum absolute atomic E-state index is 13.1. The quantitative estimate of drug-likeness (QED) is 0.399. The van der Waals surface area contributed by atoms with Crippen LogP contribution in [-0.2, 0) is 0 Å². The fraction of sp³-hybridized carbons (Fsp3) is 0.0417. The number of carbonyl (C=O) groups excluding carboxylic acids is 1. The molecule has 31 heavy (non-hydrogen) atoms. The van der Waals surface area contributed by atoms with Crippen LogP contribution in [0.5, 0.6) is 0 Å². The zero-order valence-electron chi connectivity index (χ0n) is 16.7. The maximum Gasteiger partial charge on any atom is 0.261 e. The highest BCUT2D eigenvalue weighted by Crippen LogP contribution is 2.25. The van der Waals surface area contributed by atoms with Gasteiger partial charge in [0, 0.05) is 22.5 Å². The summed E-state index contributed by atoms with van der Waals surface area (Å²) in [5.41, 5.74) is 4.50. The number of hydrogen-bond donors (Lipinski definition) is 2. The molecule has 0 atom stereocenters. The molecule has 154 valence electrons. The van der Waals surface area contributed by atoms with Crippen LogP contribution in [0.4, 0.5) is 5.69 Å². The molecule has 1 amide bonds. The third-order valence-electron chi connectivity index (χ3n) is 4.63. The Morgan fingerprint density at radius 1 is 0.968 bits per heavy atom. The fourth-order valence-electron chi connectivity index (χ4n) is 3.04. The lowest BCUT2D eigenvalue weighted by molar-refractivity contribution is 0.0978. The van der Waals surface area contributed by atoms with Gasteiger partial charge in [0.1, 0.15) is 5.69 Å². The first kappa shape index (κ1) is 20.8. The molecule has 0 aliphatic carbocycles. The van der Waals surface area contributed by atoms with Crippen molar-refractivity contribution in [3.05, 3.63) is 101 Å². The summed E-state index contributed by atoms with van der Waals surface area (Å²) in [7, 11) is 0. The summed E-state index contributed by atoms with van der Waals surface area (Å²) in [6.07, 6.45) is 1.70. The molecule has 0 saturated carbocycles. The number of hydrogen-bond acceptors (Lipinski definition) is 3. The molecule has 0 bridgehead atoms. The molecule has 2 N–H and O–H groups in total. The molecule has 0 unspecified atom stereocenters. The number of carbonyl (C=O) groups is 1. The number of rotatable bonds is 4. The number of nitrogens with zero attached hydrogens (tertiary/aromatic N) is 2. The van der Waals surface area contributed by atoms with Gasteiger partial charge in [-0.25, -0.2) is 4.68 Å². The largest absolute Gasteiger partial charge is 0.332 e. The standard InChI is InChI=1S/C24H19ClN4OS/c1-16-7-13-19(14-8-16)26-24(31)27-23(30)21-15-29(20-5-3-2-4-6-20)28-22(21)17-9-11-18(25)12-10-17/h2-15H,1H3,(H2,26,27,30,31). The second-order valence-electron chi connectivity index (χ2n) is 6.95. The Bertz CT molecular complexity index is 1220. The van der Waals surface area contributed by atoms with Gasteiger partial charge in [0.05, 0.1) is 11.3 Å². The lowest BCUT2D eigenvalue weighted by atomic mass is 10.1. The summed E-state index contributed by atoms with van der Waals surface area (Å²) in [5, 5.41) is 11.3. The van der Waals surface area contributed by atoms with Gasteiger partial charge in [0.15, 0.2) is 5.11 Å². The predicted molar refractivity (Wildman–Crippen MR) is 129 cm³/mol. The molecule has 1 aromatic heterocycles. The van der Waals surface area contributed by atoms with Crippen LogP contribution in [0.2, 0.25) is 5.02 Å². The first-order chi connectivity index (χ1) is 15.0. The molecule has 0 radical (unpaired) electrons. The van der Waals surface area contributed by atoms with Crippen molar-refractivity contribution in [2.75, 3.05) is 5.32 Å². The molecule has 4 rings (SSSR count). The molecule has 0 aliphatic heterocycles. The van der Waals surface area contributed by atoms with Crippen LogP contribution < -0.4 is 10.6 Å². The predicted octanol–water partition coefficient (Wildman–Crippen LogP) is 5.63. The van der Waals surface area contributed by atoms with E-state index in [2.05, 4.69) is 15.7 Å². The maximum atomic E-state index is 13.1. The van der Waals surface area contributed by atoms with Gasteiger partial charge in [-0.05, 0) is 55.5 Å². The van der Waals surface area contributed by atoms with Gasteiger partial charge >= 0.3 is 0 Å². The number of amides is 1. The lowest BCUT2D eigenvalue weighted by Gasteiger charge is -2.10. The third kappa shape index (κ3) is 4.99. The van der Waals surface area contributed by atoms with E-state index in [1.807, 2.05) is 73.7 Å². The van der Waals surface area contributed by atoms with E-state index < -0.39 is 0 Å². The number of aromatic nitrogens is 2. The van der Waals surface area contributed by atoms with E-state index in [0.717, 1.165) is 22.5 Å².